The first-order valence-corrected chi connectivity index (χ1v) is 20.7. The van der Waals surface area contributed by atoms with Gasteiger partial charge in [-0.2, -0.15) is 0 Å². The highest BCUT2D eigenvalue weighted by Gasteiger charge is 2.42. The molecule has 0 unspecified atom stereocenters. The van der Waals surface area contributed by atoms with Crippen molar-refractivity contribution in [2.45, 2.75) is 89.2 Å². The number of anilines is 1. The number of benzene rings is 2. The second-order valence-electron chi connectivity index (χ2n) is 14.0. The molecule has 2 N–H and O–H groups in total. The lowest BCUT2D eigenvalue weighted by molar-refractivity contribution is 0.0512. The molecule has 1 aliphatic heterocycles. The highest BCUT2D eigenvalue weighted by Crippen LogP contribution is 2.43. The fourth-order valence-electron chi connectivity index (χ4n) is 7.73. The lowest BCUT2D eigenvalue weighted by atomic mass is 9.95. The summed E-state index contributed by atoms with van der Waals surface area (Å²) in [7, 11) is -0.754. The molecule has 9 nitrogen and oxygen atoms in total. The molecule has 2 aromatic heterocycles. The van der Waals surface area contributed by atoms with Gasteiger partial charge >= 0.3 is 6.09 Å². The molecule has 0 bridgehead atoms. The summed E-state index contributed by atoms with van der Waals surface area (Å²) in [5.41, 5.74) is 11.0. The van der Waals surface area contributed by atoms with Crippen LogP contribution in [-0.2, 0) is 9.47 Å². The lowest BCUT2D eigenvalue weighted by Crippen LogP contribution is -2.43. The van der Waals surface area contributed by atoms with Gasteiger partial charge in [-0.25, -0.2) is 28.5 Å². The van der Waals surface area contributed by atoms with Crippen molar-refractivity contribution in [1.29, 1.82) is 0 Å². The Kier molecular flexibility index (Phi) is 11.8. The minimum absolute atomic E-state index is 0.00751. The van der Waals surface area contributed by atoms with Gasteiger partial charge in [0, 0.05) is 24.6 Å². The van der Waals surface area contributed by atoms with E-state index >= 15 is 8.78 Å². The third-order valence-corrected chi connectivity index (χ3v) is 16.8. The number of methoxy groups -OCH3 is 1. The van der Waals surface area contributed by atoms with Gasteiger partial charge in [0.2, 0.25) is 0 Å². The summed E-state index contributed by atoms with van der Waals surface area (Å²) >= 11 is 1.28. The van der Waals surface area contributed by atoms with Crippen molar-refractivity contribution >= 4 is 53.4 Å². The van der Waals surface area contributed by atoms with Crippen LogP contribution in [-0.4, -0.2) is 68.5 Å². The number of halogens is 2. The molecule has 1 saturated heterocycles. The van der Waals surface area contributed by atoms with Crippen LogP contribution in [0.25, 0.3) is 32.9 Å². The number of thioether (sulfide) groups is 1. The topological polar surface area (TPSA) is 113 Å². The van der Waals surface area contributed by atoms with Gasteiger partial charge in [0.15, 0.2) is 17.8 Å². The number of fused-ring (bicyclic) bond motifs is 2. The van der Waals surface area contributed by atoms with Crippen LogP contribution in [0.3, 0.4) is 0 Å². The molecule has 0 aliphatic carbocycles. The number of carbonyl (C=O) groups is 1. The van der Waals surface area contributed by atoms with E-state index in [0.29, 0.717) is 80.3 Å². The number of primary amides is 1. The first kappa shape index (κ1) is 38.2. The summed E-state index contributed by atoms with van der Waals surface area (Å²) in [5.74, 6) is 3.04. The van der Waals surface area contributed by atoms with Gasteiger partial charge < -0.3 is 24.8 Å². The molecule has 2 aromatic carbocycles. The first-order valence-electron chi connectivity index (χ1n) is 17.3. The third kappa shape index (κ3) is 7.50. The van der Waals surface area contributed by atoms with Crippen molar-refractivity contribution in [3.05, 3.63) is 47.2 Å². The van der Waals surface area contributed by atoms with Gasteiger partial charge in [-0.15, -0.1) is 5.54 Å². The number of rotatable bonds is 10. The Morgan fingerprint density at radius 3 is 2.41 bits per heavy atom. The van der Waals surface area contributed by atoms with E-state index in [1.807, 2.05) is 11.2 Å². The van der Waals surface area contributed by atoms with Gasteiger partial charge in [0.25, 0.3) is 0 Å². The zero-order valence-electron chi connectivity index (χ0n) is 30.8. The molecule has 0 radical (unpaired) electrons. The summed E-state index contributed by atoms with van der Waals surface area (Å²) in [6.07, 6.45) is 1.91. The zero-order chi connectivity index (χ0) is 37.2. The molecule has 1 fully saturated rings. The number of ether oxygens (including phenoxy) is 3. The van der Waals surface area contributed by atoms with Crippen LogP contribution in [0.2, 0.25) is 16.6 Å². The Hall–Kier alpha value is -3.99. The lowest BCUT2D eigenvalue weighted by Gasteiger charge is -2.38. The van der Waals surface area contributed by atoms with Gasteiger partial charge in [0.1, 0.15) is 42.8 Å². The number of carbonyl (C=O) groups excluding carboxylic acids is 1. The van der Waals surface area contributed by atoms with Crippen molar-refractivity contribution in [1.82, 2.24) is 15.0 Å². The molecule has 4 aromatic rings. The number of nitrogens with two attached hydrogens (primary N) is 1. The number of nitrogens with zero attached hydrogens (tertiary/aromatic N) is 4. The summed E-state index contributed by atoms with van der Waals surface area (Å²) in [4.78, 5) is 27.8. The third-order valence-electron chi connectivity index (χ3n) is 9.98. The van der Waals surface area contributed by atoms with Gasteiger partial charge in [0.05, 0.1) is 23.2 Å². The minimum atomic E-state index is -2.27. The molecule has 3 heterocycles. The monoisotopic (exact) mass is 735 g/mol. The molecule has 51 heavy (non-hydrogen) atoms. The summed E-state index contributed by atoms with van der Waals surface area (Å²) in [5, 5.41) is 1.87. The van der Waals surface area contributed by atoms with Crippen molar-refractivity contribution in [2.24, 2.45) is 5.73 Å². The summed E-state index contributed by atoms with van der Waals surface area (Å²) in [6, 6.07) is 6.48. The Morgan fingerprint density at radius 1 is 1.08 bits per heavy atom. The Bertz CT molecular complexity index is 1990. The smallest absolute Gasteiger partial charge is 0.404 e. The van der Waals surface area contributed by atoms with Gasteiger partial charge in [-0.1, -0.05) is 65.3 Å². The molecule has 272 valence electrons. The number of aromatic nitrogens is 3. The highest BCUT2D eigenvalue weighted by atomic mass is 32.2. The second-order valence-corrected chi connectivity index (χ2v) is 20.3. The SMILES string of the molecule is COCOc1cc(-c2nc(C)c3c(N4CCC[C@H](OC(N)=O)C4)nc(SC)nc3c2F)c2c(C#C[Si](C(C)C)(C(C)C)C(C)C)c(F)ccc2c1. The number of aryl methyl sites for hydroxylation is 1. The molecular formula is C38H47F2N5O4SSi. The average Bonchev–Trinajstić information content (AvgIpc) is 3.08. The molecule has 1 amide bonds. The van der Waals surface area contributed by atoms with E-state index in [1.54, 1.807) is 25.1 Å². The fraction of sp³-hybridized carbons (Fsp3) is 0.474. The Morgan fingerprint density at radius 2 is 1.78 bits per heavy atom. The van der Waals surface area contributed by atoms with E-state index in [1.165, 1.54) is 24.9 Å². The van der Waals surface area contributed by atoms with E-state index in [2.05, 4.69) is 58.0 Å². The van der Waals surface area contributed by atoms with Gasteiger partial charge in [-0.05, 0) is 66.2 Å². The van der Waals surface area contributed by atoms with Crippen molar-refractivity contribution < 1.29 is 27.8 Å². The van der Waals surface area contributed by atoms with Crippen molar-refractivity contribution in [3.8, 4) is 28.5 Å². The van der Waals surface area contributed by atoms with Crippen LogP contribution in [0.15, 0.2) is 29.4 Å². The molecule has 13 heteroatoms. The molecule has 1 aliphatic rings. The molecule has 0 spiro atoms. The van der Waals surface area contributed by atoms with Crippen LogP contribution in [0.1, 0.15) is 65.6 Å². The fourth-order valence-corrected chi connectivity index (χ4v) is 13.3. The molecular weight excluding hydrogens is 689 g/mol. The van der Waals surface area contributed by atoms with E-state index in [9.17, 15) is 4.79 Å². The number of hydrogen-bond acceptors (Lipinski definition) is 9. The quantitative estimate of drug-likeness (QED) is 0.0562. The summed E-state index contributed by atoms with van der Waals surface area (Å²) < 4.78 is 49.7. The van der Waals surface area contributed by atoms with Crippen LogP contribution in [0, 0.1) is 30.0 Å². The predicted octanol–water partition coefficient (Wildman–Crippen LogP) is 8.77. The average molecular weight is 736 g/mol. The Balaban J connectivity index is 1.81. The molecule has 0 saturated carbocycles. The zero-order valence-corrected chi connectivity index (χ0v) is 32.6. The molecule has 5 rings (SSSR count). The van der Waals surface area contributed by atoms with Crippen molar-refractivity contribution in [3.63, 3.8) is 0 Å². The maximum atomic E-state index is 17.2. The number of pyridine rings is 1. The number of hydrogen-bond donors (Lipinski definition) is 1. The first-order chi connectivity index (χ1) is 24.2. The van der Waals surface area contributed by atoms with E-state index < -0.39 is 31.9 Å². The van der Waals surface area contributed by atoms with Gasteiger partial charge in [-0.3, -0.25) is 0 Å². The molecule has 1 atom stereocenters. The van der Waals surface area contributed by atoms with E-state index in [0.717, 1.165) is 6.42 Å². The van der Waals surface area contributed by atoms with Crippen LogP contribution < -0.4 is 15.4 Å². The summed E-state index contributed by atoms with van der Waals surface area (Å²) in [6.45, 7) is 15.9. The van der Waals surface area contributed by atoms with E-state index in [4.69, 9.17) is 29.9 Å². The maximum absolute atomic E-state index is 17.2. The minimum Gasteiger partial charge on any atom is -0.468 e. The second kappa shape index (κ2) is 15.7. The van der Waals surface area contributed by atoms with Crippen molar-refractivity contribution in [2.75, 3.05) is 38.1 Å². The van der Waals surface area contributed by atoms with E-state index in [-0.39, 0.29) is 23.6 Å². The highest BCUT2D eigenvalue weighted by molar-refractivity contribution is 7.98. The maximum Gasteiger partial charge on any atom is 0.404 e. The number of amides is 1. The normalized spacial score (nSPS) is 15.2. The standard InChI is InChI=1S/C38H47F2N5O4SSi/c1-21(2)51(22(3)4,23(5)6)16-14-28-30(39)13-12-25-17-27(48-20-47-8)18-29(32(25)28)34-33(40)35-31(24(7)42-34)36(44-38(43-35)50-9)45-15-10-11-26(19-45)49-37(41)46/h12-13,17-18,21-23,26H,10-11,15,19-20H2,1-9H3,(H2,41,46)/t26-/m0/s1. The number of piperidine rings is 1. The van der Waals surface area contributed by atoms with Crippen LogP contribution in [0.4, 0.5) is 19.4 Å². The van der Waals surface area contributed by atoms with Crippen LogP contribution in [0.5, 0.6) is 5.75 Å². The van der Waals surface area contributed by atoms with Crippen LogP contribution >= 0.6 is 11.8 Å². The Labute approximate surface area is 304 Å². The predicted molar refractivity (Wildman–Crippen MR) is 203 cm³/mol. The largest absolute Gasteiger partial charge is 0.468 e.